The number of ether oxygens (including phenoxy) is 1. The summed E-state index contributed by atoms with van der Waals surface area (Å²) in [5.74, 6) is -3.26. The summed E-state index contributed by atoms with van der Waals surface area (Å²) in [6.07, 6.45) is 2.00. The number of aromatic nitrogens is 1. The monoisotopic (exact) mass is 481 g/mol. The number of aliphatic hydroxyl groups is 1. The molecule has 0 saturated heterocycles. The summed E-state index contributed by atoms with van der Waals surface area (Å²) in [5.41, 5.74) is 2.43. The number of halogens is 3. The van der Waals surface area contributed by atoms with E-state index in [1.165, 1.54) is 12.3 Å². The third-order valence-corrected chi connectivity index (χ3v) is 5.63. The lowest BCUT2D eigenvalue weighted by molar-refractivity contribution is -0.120. The number of carbonyl (C=O) groups is 2. The van der Waals surface area contributed by atoms with Crippen molar-refractivity contribution in [3.8, 4) is 5.75 Å². The number of rotatable bonds is 10. The zero-order valence-electron chi connectivity index (χ0n) is 18.4. The van der Waals surface area contributed by atoms with Crippen LogP contribution >= 0.6 is 11.6 Å². The van der Waals surface area contributed by atoms with Gasteiger partial charge in [0.05, 0.1) is 23.2 Å². The first-order chi connectivity index (χ1) is 15.6. The zero-order valence-corrected chi connectivity index (χ0v) is 19.2. The molecule has 0 aliphatic carbocycles. The predicted molar refractivity (Wildman–Crippen MR) is 119 cm³/mol. The van der Waals surface area contributed by atoms with Gasteiger partial charge in [-0.2, -0.15) is 0 Å². The molecule has 1 atom stereocenters. The molecule has 1 aromatic heterocycles. The van der Waals surface area contributed by atoms with E-state index < -0.39 is 12.5 Å². The molecule has 7 nitrogen and oxygen atoms in total. The van der Waals surface area contributed by atoms with E-state index in [4.69, 9.17) is 21.4 Å². The average molecular weight is 482 g/mol. The molecule has 0 spiro atoms. The van der Waals surface area contributed by atoms with Crippen LogP contribution in [-0.2, 0) is 17.8 Å². The number of carbonyl (C=O) groups excluding carboxylic acids is 2. The minimum atomic E-state index is -2.98. The molecule has 1 aromatic carbocycles. The molecule has 10 heteroatoms. The van der Waals surface area contributed by atoms with Crippen LogP contribution in [0.1, 0.15) is 53.5 Å². The molecule has 1 aliphatic rings. The Labute approximate surface area is 195 Å². The van der Waals surface area contributed by atoms with E-state index in [0.29, 0.717) is 35.3 Å². The van der Waals surface area contributed by atoms with Gasteiger partial charge in [0.2, 0.25) is 5.91 Å². The Bertz CT molecular complexity index is 1030. The van der Waals surface area contributed by atoms with E-state index >= 15 is 0 Å². The van der Waals surface area contributed by atoms with Gasteiger partial charge < -0.3 is 20.1 Å². The Morgan fingerprint density at radius 1 is 1.39 bits per heavy atom. The van der Waals surface area contributed by atoms with Gasteiger partial charge in [-0.15, -0.1) is 0 Å². The van der Waals surface area contributed by atoms with Gasteiger partial charge in [-0.05, 0) is 37.1 Å². The summed E-state index contributed by atoms with van der Waals surface area (Å²) in [7, 11) is 0. The van der Waals surface area contributed by atoms with Gasteiger partial charge in [-0.25, -0.2) is 8.78 Å². The molecular weight excluding hydrogens is 456 g/mol. The van der Waals surface area contributed by atoms with Crippen molar-refractivity contribution >= 4 is 23.4 Å². The highest BCUT2D eigenvalue weighted by Crippen LogP contribution is 2.35. The maximum atomic E-state index is 13.1. The Kier molecular flexibility index (Phi) is 7.86. The maximum absolute atomic E-state index is 13.1. The number of benzene rings is 1. The summed E-state index contributed by atoms with van der Waals surface area (Å²) >= 11 is 6.23. The highest BCUT2D eigenvalue weighted by Gasteiger charge is 2.34. The van der Waals surface area contributed by atoms with Gasteiger partial charge in [0.1, 0.15) is 5.75 Å². The number of amides is 2. The van der Waals surface area contributed by atoms with Crippen LogP contribution < -0.4 is 10.1 Å². The first-order valence-corrected chi connectivity index (χ1v) is 10.9. The fraction of sp³-hybridized carbons (Fsp3) is 0.435. The fourth-order valence-corrected chi connectivity index (χ4v) is 3.82. The van der Waals surface area contributed by atoms with Crippen LogP contribution in [0.4, 0.5) is 8.78 Å². The molecule has 2 aromatic rings. The highest BCUT2D eigenvalue weighted by atomic mass is 35.5. The Hall–Kier alpha value is -2.78. The van der Waals surface area contributed by atoms with Gasteiger partial charge in [0.15, 0.2) is 6.61 Å². The van der Waals surface area contributed by atoms with Gasteiger partial charge >= 0.3 is 0 Å². The topological polar surface area (TPSA) is 91.8 Å². The molecule has 0 fully saturated rings. The summed E-state index contributed by atoms with van der Waals surface area (Å²) < 4.78 is 31.2. The van der Waals surface area contributed by atoms with Crippen molar-refractivity contribution in [1.29, 1.82) is 0 Å². The third kappa shape index (κ3) is 6.17. The lowest BCUT2D eigenvalue weighted by Crippen LogP contribution is -2.28. The van der Waals surface area contributed by atoms with Crippen LogP contribution in [0.15, 0.2) is 30.5 Å². The molecule has 0 bridgehead atoms. The van der Waals surface area contributed by atoms with Crippen molar-refractivity contribution in [2.75, 3.05) is 19.8 Å². The van der Waals surface area contributed by atoms with Gasteiger partial charge in [-0.1, -0.05) is 17.7 Å². The standard InChI is InChI=1S/C23H26ClF2N3O4/c1-14(15-4-5-20(18(24)10-15)33-13-23(2,25)26)29-12-17-16(22(29)32)6-8-27-19(17)11-21(31)28-7-3-9-30/h4-6,8,10,14,30H,3,7,9,11-13H2,1-2H3,(H,28,31). The second-order valence-corrected chi connectivity index (χ2v) is 8.45. The molecule has 2 heterocycles. The first kappa shape index (κ1) is 24.9. The minimum absolute atomic E-state index is 0.0111. The zero-order chi connectivity index (χ0) is 24.2. The van der Waals surface area contributed by atoms with Crippen molar-refractivity contribution in [2.45, 2.75) is 45.2 Å². The second kappa shape index (κ2) is 10.4. The van der Waals surface area contributed by atoms with Gasteiger partial charge in [0.25, 0.3) is 11.8 Å². The van der Waals surface area contributed by atoms with Gasteiger partial charge in [-0.3, -0.25) is 14.6 Å². The first-order valence-electron chi connectivity index (χ1n) is 10.6. The average Bonchev–Trinajstić information content (AvgIpc) is 3.09. The van der Waals surface area contributed by atoms with E-state index in [9.17, 15) is 18.4 Å². The molecule has 1 unspecified atom stereocenters. The number of alkyl halides is 2. The van der Waals surface area contributed by atoms with Crippen LogP contribution in [-0.4, -0.2) is 52.5 Å². The van der Waals surface area contributed by atoms with Crippen molar-refractivity contribution in [1.82, 2.24) is 15.2 Å². The molecule has 0 radical (unpaired) electrons. The number of fused-ring (bicyclic) bond motifs is 1. The summed E-state index contributed by atoms with van der Waals surface area (Å²) in [4.78, 5) is 31.2. The smallest absolute Gasteiger partial charge is 0.278 e. The van der Waals surface area contributed by atoms with E-state index in [2.05, 4.69) is 10.3 Å². The Morgan fingerprint density at radius 2 is 2.15 bits per heavy atom. The van der Waals surface area contributed by atoms with E-state index in [-0.39, 0.29) is 48.2 Å². The second-order valence-electron chi connectivity index (χ2n) is 8.05. The molecule has 1 aliphatic heterocycles. The molecule has 2 amide bonds. The number of nitrogens with one attached hydrogen (secondary N) is 1. The maximum Gasteiger partial charge on any atom is 0.278 e. The van der Waals surface area contributed by atoms with Crippen LogP contribution in [0.25, 0.3) is 0 Å². The number of nitrogens with zero attached hydrogens (tertiary/aromatic N) is 2. The summed E-state index contributed by atoms with van der Waals surface area (Å²) in [5, 5.41) is 11.7. The minimum Gasteiger partial charge on any atom is -0.486 e. The summed E-state index contributed by atoms with van der Waals surface area (Å²) in [6.45, 7) is 2.44. The quantitative estimate of drug-likeness (QED) is 0.506. The molecule has 33 heavy (non-hydrogen) atoms. The largest absolute Gasteiger partial charge is 0.486 e. The summed E-state index contributed by atoms with van der Waals surface area (Å²) in [6, 6.07) is 6.06. The number of aliphatic hydroxyl groups excluding tert-OH is 1. The van der Waals surface area contributed by atoms with Crippen LogP contribution in [0, 0.1) is 0 Å². The molecule has 178 valence electrons. The van der Waals surface area contributed by atoms with Crippen molar-refractivity contribution in [2.24, 2.45) is 0 Å². The SMILES string of the molecule is CC(c1ccc(OCC(C)(F)F)c(Cl)c1)N1Cc2c(ccnc2CC(=O)NCCCO)C1=O. The van der Waals surface area contributed by atoms with E-state index in [0.717, 1.165) is 6.92 Å². The van der Waals surface area contributed by atoms with Crippen LogP contribution in [0.5, 0.6) is 5.75 Å². The van der Waals surface area contributed by atoms with E-state index in [1.807, 2.05) is 6.92 Å². The lowest BCUT2D eigenvalue weighted by atomic mass is 10.1. The number of hydrogen-bond acceptors (Lipinski definition) is 5. The van der Waals surface area contributed by atoms with Crippen molar-refractivity contribution < 1.29 is 28.2 Å². The Balaban J connectivity index is 1.73. The molecule has 3 rings (SSSR count). The number of pyridine rings is 1. The fourth-order valence-electron chi connectivity index (χ4n) is 3.57. The lowest BCUT2D eigenvalue weighted by Gasteiger charge is -2.25. The molecule has 0 saturated carbocycles. The highest BCUT2D eigenvalue weighted by molar-refractivity contribution is 6.32. The number of hydrogen-bond donors (Lipinski definition) is 2. The molecule has 2 N–H and O–H groups in total. The van der Waals surface area contributed by atoms with Crippen molar-refractivity contribution in [3.05, 3.63) is 57.9 Å². The predicted octanol–water partition coefficient (Wildman–Crippen LogP) is 3.53. The van der Waals surface area contributed by atoms with Gasteiger partial charge in [0, 0.05) is 43.9 Å². The molecular formula is C23H26ClF2N3O4. The van der Waals surface area contributed by atoms with Crippen LogP contribution in [0.2, 0.25) is 5.02 Å². The van der Waals surface area contributed by atoms with Crippen LogP contribution in [0.3, 0.4) is 0 Å². The van der Waals surface area contributed by atoms with E-state index in [1.54, 1.807) is 23.1 Å². The normalized spacial score (nSPS) is 14.2. The third-order valence-electron chi connectivity index (χ3n) is 5.34. The van der Waals surface area contributed by atoms with Crippen molar-refractivity contribution in [3.63, 3.8) is 0 Å². The Morgan fingerprint density at radius 3 is 2.82 bits per heavy atom.